The van der Waals surface area contributed by atoms with Gasteiger partial charge in [0.15, 0.2) is 5.03 Å². The summed E-state index contributed by atoms with van der Waals surface area (Å²) in [5.41, 5.74) is 7.90. The summed E-state index contributed by atoms with van der Waals surface area (Å²) in [6.07, 6.45) is 1.92. The Balaban J connectivity index is 1.92. The normalized spacial score (nSPS) is 11.5. The van der Waals surface area contributed by atoms with Gasteiger partial charge in [0.25, 0.3) is 10.0 Å². The van der Waals surface area contributed by atoms with E-state index < -0.39 is 10.0 Å². The van der Waals surface area contributed by atoms with Crippen molar-refractivity contribution in [1.82, 2.24) is 4.98 Å². The van der Waals surface area contributed by atoms with Gasteiger partial charge in [-0.1, -0.05) is 17.7 Å². The minimum absolute atomic E-state index is 0.0120. The number of thiophene rings is 1. The number of benzene rings is 1. The average molecular weight is 425 g/mol. The van der Waals surface area contributed by atoms with E-state index in [-0.39, 0.29) is 10.9 Å². The van der Waals surface area contributed by atoms with Crippen LogP contribution in [0.15, 0.2) is 44.9 Å². The van der Waals surface area contributed by atoms with Crippen molar-refractivity contribution < 1.29 is 8.42 Å². The monoisotopic (exact) mass is 424 g/mol. The first-order valence-corrected chi connectivity index (χ1v) is 11.8. The number of nitrogens with two attached hydrogens (primary N) is 1. The minimum Gasteiger partial charge on any atom is -0.383 e. The summed E-state index contributed by atoms with van der Waals surface area (Å²) < 4.78 is 28.6. The first kappa shape index (κ1) is 18.9. The maximum Gasteiger partial charge on any atom is 0.280 e. The van der Waals surface area contributed by atoms with E-state index in [0.717, 1.165) is 15.3 Å². The molecule has 2 aromatic heterocycles. The number of nitrogens with one attached hydrogen (secondary N) is 2. The second kappa shape index (κ2) is 7.39. The maximum absolute atomic E-state index is 12.6. The minimum atomic E-state index is -3.76. The van der Waals surface area contributed by atoms with Gasteiger partial charge in [0.05, 0.1) is 9.09 Å². The van der Waals surface area contributed by atoms with Crippen LogP contribution in [0, 0.1) is 12.3 Å². The molecule has 136 valence electrons. The molecule has 6 nitrogen and oxygen atoms in total. The number of nitrogens with zero attached hydrogens (tertiary/aromatic N) is 1. The number of hydrogen-bond acceptors (Lipinski definition) is 7. The molecule has 0 saturated heterocycles. The number of amidine groups is 1. The van der Waals surface area contributed by atoms with Crippen molar-refractivity contribution in [3.05, 3.63) is 46.2 Å². The van der Waals surface area contributed by atoms with E-state index in [2.05, 4.69) is 9.71 Å². The predicted molar refractivity (Wildman–Crippen MR) is 110 cm³/mol. The van der Waals surface area contributed by atoms with E-state index in [0.29, 0.717) is 15.6 Å². The quantitative estimate of drug-likeness (QED) is 0.315. The molecule has 3 rings (SSSR count). The lowest BCUT2D eigenvalue weighted by Gasteiger charge is -2.05. The third-order valence-corrected chi connectivity index (χ3v) is 8.03. The number of anilines is 1. The van der Waals surface area contributed by atoms with Gasteiger partial charge in [0.2, 0.25) is 0 Å². The zero-order chi connectivity index (χ0) is 18.9. The van der Waals surface area contributed by atoms with Crippen LogP contribution in [-0.4, -0.2) is 25.5 Å². The van der Waals surface area contributed by atoms with Gasteiger partial charge in [-0.2, -0.15) is 8.42 Å². The lowest BCUT2D eigenvalue weighted by molar-refractivity contribution is 0.598. The Kier molecular flexibility index (Phi) is 5.37. The first-order valence-electron chi connectivity index (χ1n) is 7.38. The SMILES string of the molecule is CSc1sc(C(=N)N)cc1-c1nc(S(=O)(=O)Nc2ccc(C)cc2)cs1. The zero-order valence-electron chi connectivity index (χ0n) is 13.9. The first-order chi connectivity index (χ1) is 12.3. The van der Waals surface area contributed by atoms with Crippen LogP contribution in [0.3, 0.4) is 0 Å². The Labute approximate surface area is 164 Å². The van der Waals surface area contributed by atoms with Gasteiger partial charge >= 0.3 is 0 Å². The highest BCUT2D eigenvalue weighted by Gasteiger charge is 2.21. The fourth-order valence-corrected chi connectivity index (χ4v) is 6.18. The highest BCUT2D eigenvalue weighted by Crippen LogP contribution is 2.39. The summed E-state index contributed by atoms with van der Waals surface area (Å²) >= 11 is 4.16. The van der Waals surface area contributed by atoms with Gasteiger partial charge in [0, 0.05) is 16.6 Å². The number of thiazole rings is 1. The molecule has 0 bridgehead atoms. The van der Waals surface area contributed by atoms with Crippen molar-refractivity contribution >= 4 is 56.0 Å². The summed E-state index contributed by atoms with van der Waals surface area (Å²) in [7, 11) is -3.76. The molecular formula is C16H16N4O2S4. The van der Waals surface area contributed by atoms with Crippen molar-refractivity contribution in [2.24, 2.45) is 5.73 Å². The summed E-state index contributed by atoms with van der Waals surface area (Å²) in [5.74, 6) is -0.0120. The van der Waals surface area contributed by atoms with E-state index in [9.17, 15) is 8.42 Å². The molecule has 26 heavy (non-hydrogen) atoms. The second-order valence-corrected chi connectivity index (χ2v) is 10.0. The van der Waals surface area contributed by atoms with Gasteiger partial charge in [-0.25, -0.2) is 4.98 Å². The van der Waals surface area contributed by atoms with Crippen molar-refractivity contribution in [3.8, 4) is 10.6 Å². The molecule has 3 aromatic rings. The van der Waals surface area contributed by atoms with Crippen LogP contribution < -0.4 is 10.5 Å². The number of sulfonamides is 1. The fourth-order valence-electron chi connectivity index (χ4n) is 2.14. The van der Waals surface area contributed by atoms with Crippen LogP contribution >= 0.6 is 34.4 Å². The standard InChI is InChI=1S/C16H16N4O2S4/c1-9-3-5-10(6-4-9)20-26(21,22)13-8-24-15(19-13)11-7-12(14(17)18)25-16(11)23-2/h3-8,20H,1-2H3,(H3,17,18). The number of thioether (sulfide) groups is 1. The van der Waals surface area contributed by atoms with Gasteiger partial charge in [-0.3, -0.25) is 10.1 Å². The van der Waals surface area contributed by atoms with E-state index in [1.807, 2.05) is 25.3 Å². The molecule has 0 aliphatic carbocycles. The molecule has 0 spiro atoms. The molecule has 2 heterocycles. The van der Waals surface area contributed by atoms with Crippen molar-refractivity contribution in [2.45, 2.75) is 16.2 Å². The molecule has 0 unspecified atom stereocenters. The molecule has 0 radical (unpaired) electrons. The van der Waals surface area contributed by atoms with Crippen LogP contribution in [0.2, 0.25) is 0 Å². The smallest absolute Gasteiger partial charge is 0.280 e. The largest absolute Gasteiger partial charge is 0.383 e. The molecule has 0 atom stereocenters. The van der Waals surface area contributed by atoms with Crippen LogP contribution in [0.4, 0.5) is 5.69 Å². The fraction of sp³-hybridized carbons (Fsp3) is 0.125. The number of aryl methyl sites for hydroxylation is 1. The molecule has 0 aliphatic rings. The predicted octanol–water partition coefficient (Wildman–Crippen LogP) is 3.99. The molecule has 10 heteroatoms. The molecule has 0 aliphatic heterocycles. The summed E-state index contributed by atoms with van der Waals surface area (Å²) in [5, 5.41) is 9.66. The van der Waals surface area contributed by atoms with Gasteiger partial charge in [-0.15, -0.1) is 34.4 Å². The third kappa shape index (κ3) is 3.93. The average Bonchev–Trinajstić information content (AvgIpc) is 3.23. The van der Waals surface area contributed by atoms with E-state index in [4.69, 9.17) is 11.1 Å². The van der Waals surface area contributed by atoms with Crippen molar-refractivity contribution in [3.63, 3.8) is 0 Å². The molecule has 0 amide bonds. The Morgan fingerprint density at radius 3 is 2.62 bits per heavy atom. The van der Waals surface area contributed by atoms with Gasteiger partial charge in [0.1, 0.15) is 10.8 Å². The second-order valence-electron chi connectivity index (χ2n) is 5.39. The topological polar surface area (TPSA) is 109 Å². The Morgan fingerprint density at radius 1 is 1.31 bits per heavy atom. The lowest BCUT2D eigenvalue weighted by atomic mass is 10.2. The van der Waals surface area contributed by atoms with Crippen LogP contribution in [-0.2, 0) is 10.0 Å². The van der Waals surface area contributed by atoms with Crippen molar-refractivity contribution in [1.29, 1.82) is 5.41 Å². The van der Waals surface area contributed by atoms with Gasteiger partial charge in [-0.05, 0) is 31.4 Å². The van der Waals surface area contributed by atoms with Gasteiger partial charge < -0.3 is 5.73 Å². The Morgan fingerprint density at radius 2 is 2.00 bits per heavy atom. The maximum atomic E-state index is 12.6. The highest BCUT2D eigenvalue weighted by molar-refractivity contribution is 8.00. The van der Waals surface area contributed by atoms with Crippen LogP contribution in [0.1, 0.15) is 10.4 Å². The van der Waals surface area contributed by atoms with Crippen molar-refractivity contribution in [2.75, 3.05) is 11.0 Å². The molecular weight excluding hydrogens is 408 g/mol. The summed E-state index contributed by atoms with van der Waals surface area (Å²) in [6, 6.07) is 8.88. The number of hydrogen-bond donors (Lipinski definition) is 3. The number of rotatable bonds is 6. The Bertz CT molecular complexity index is 1050. The molecule has 4 N–H and O–H groups in total. The lowest BCUT2D eigenvalue weighted by Crippen LogP contribution is -2.13. The highest BCUT2D eigenvalue weighted by atomic mass is 32.2. The van der Waals surface area contributed by atoms with Crippen LogP contribution in [0.25, 0.3) is 10.6 Å². The molecule has 0 saturated carbocycles. The third-order valence-electron chi connectivity index (χ3n) is 3.44. The van der Waals surface area contributed by atoms with E-state index >= 15 is 0 Å². The zero-order valence-corrected chi connectivity index (χ0v) is 17.2. The number of nitrogen functional groups attached to an aromatic ring is 1. The summed E-state index contributed by atoms with van der Waals surface area (Å²) in [6.45, 7) is 1.93. The summed E-state index contributed by atoms with van der Waals surface area (Å²) in [4.78, 5) is 4.94. The molecule has 1 aromatic carbocycles. The number of aromatic nitrogens is 1. The molecule has 0 fully saturated rings. The van der Waals surface area contributed by atoms with E-state index in [1.54, 1.807) is 18.2 Å². The van der Waals surface area contributed by atoms with Crippen LogP contribution in [0.5, 0.6) is 0 Å². The Hall–Kier alpha value is -1.88. The van der Waals surface area contributed by atoms with E-state index in [1.165, 1.54) is 39.8 Å².